The third-order valence-corrected chi connectivity index (χ3v) is 3.23. The van der Waals surface area contributed by atoms with Crippen molar-refractivity contribution in [3.8, 4) is 5.88 Å². The Hall–Kier alpha value is -1.45. The molecule has 0 bridgehead atoms. The van der Waals surface area contributed by atoms with Crippen molar-refractivity contribution in [1.29, 1.82) is 0 Å². The maximum Gasteiger partial charge on any atom is 0.215 e. The van der Waals surface area contributed by atoms with Crippen LogP contribution in [-0.2, 0) is 0 Å². The molecule has 1 aliphatic heterocycles. The molecule has 0 radical (unpaired) electrons. The lowest BCUT2D eigenvalue weighted by Gasteiger charge is -2.31. The molecule has 4 heteroatoms. The highest BCUT2D eigenvalue weighted by Crippen LogP contribution is 2.35. The molecule has 1 aromatic rings. The number of anilines is 2. The van der Waals surface area contributed by atoms with Crippen molar-refractivity contribution in [2.24, 2.45) is 5.92 Å². The summed E-state index contributed by atoms with van der Waals surface area (Å²) >= 11 is 0. The molecule has 1 N–H and O–H groups in total. The van der Waals surface area contributed by atoms with Crippen LogP contribution in [0, 0.1) is 5.92 Å². The molecular weight excluding hydrogens is 202 g/mol. The molecule has 1 aliphatic carbocycles. The van der Waals surface area contributed by atoms with Gasteiger partial charge >= 0.3 is 0 Å². The minimum Gasteiger partial charge on any atom is -0.481 e. The van der Waals surface area contributed by atoms with Gasteiger partial charge in [-0.25, -0.2) is 0 Å². The lowest BCUT2D eigenvalue weighted by atomic mass is 10.2. The minimum atomic E-state index is 0.697. The van der Waals surface area contributed by atoms with E-state index < -0.39 is 0 Å². The molecule has 0 saturated heterocycles. The number of methoxy groups -OCH3 is 1. The molecule has 0 aromatic carbocycles. The van der Waals surface area contributed by atoms with Crippen molar-refractivity contribution in [1.82, 2.24) is 4.98 Å². The number of nitrogens with one attached hydrogen (secondary N) is 1. The highest BCUT2D eigenvalue weighted by molar-refractivity contribution is 5.68. The number of ether oxygens (including phenoxy) is 1. The average molecular weight is 219 g/mol. The van der Waals surface area contributed by atoms with Gasteiger partial charge in [0.1, 0.15) is 0 Å². The summed E-state index contributed by atoms with van der Waals surface area (Å²) in [5.74, 6) is 2.64. The third-order valence-electron chi connectivity index (χ3n) is 3.23. The van der Waals surface area contributed by atoms with E-state index in [1.165, 1.54) is 12.8 Å². The lowest BCUT2D eigenvalue weighted by molar-refractivity contribution is 0.397. The second kappa shape index (κ2) is 3.85. The van der Waals surface area contributed by atoms with Gasteiger partial charge in [-0.1, -0.05) is 0 Å². The Morgan fingerprint density at radius 3 is 3.12 bits per heavy atom. The molecule has 2 heterocycles. The van der Waals surface area contributed by atoms with Crippen LogP contribution in [0.25, 0.3) is 0 Å². The largest absolute Gasteiger partial charge is 0.481 e. The van der Waals surface area contributed by atoms with Crippen LogP contribution in [0.2, 0.25) is 0 Å². The van der Waals surface area contributed by atoms with Crippen molar-refractivity contribution in [3.05, 3.63) is 12.1 Å². The van der Waals surface area contributed by atoms with Crippen molar-refractivity contribution in [2.45, 2.75) is 12.8 Å². The van der Waals surface area contributed by atoms with Crippen LogP contribution in [0.3, 0.4) is 0 Å². The first-order chi connectivity index (χ1) is 7.86. The summed E-state index contributed by atoms with van der Waals surface area (Å²) in [4.78, 5) is 6.92. The Kier molecular flexibility index (Phi) is 2.35. The van der Waals surface area contributed by atoms with Gasteiger partial charge in [0, 0.05) is 25.7 Å². The predicted molar refractivity (Wildman–Crippen MR) is 64.2 cm³/mol. The fourth-order valence-corrected chi connectivity index (χ4v) is 2.15. The Balaban J connectivity index is 1.88. The maximum atomic E-state index is 5.18. The molecule has 1 aromatic heterocycles. The zero-order valence-electron chi connectivity index (χ0n) is 9.57. The summed E-state index contributed by atoms with van der Waals surface area (Å²) in [5, 5.41) is 3.38. The first kappa shape index (κ1) is 9.75. The maximum absolute atomic E-state index is 5.18. The Morgan fingerprint density at radius 1 is 1.50 bits per heavy atom. The monoisotopic (exact) mass is 219 g/mol. The Bertz CT molecular complexity index is 390. The van der Waals surface area contributed by atoms with Crippen molar-refractivity contribution in [2.75, 3.05) is 37.0 Å². The number of rotatable bonds is 3. The van der Waals surface area contributed by atoms with Crippen LogP contribution in [-0.4, -0.2) is 31.7 Å². The van der Waals surface area contributed by atoms with Crippen LogP contribution in [0.5, 0.6) is 5.88 Å². The second-order valence-corrected chi connectivity index (χ2v) is 4.54. The van der Waals surface area contributed by atoms with Gasteiger partial charge in [0.15, 0.2) is 5.82 Å². The van der Waals surface area contributed by atoms with Gasteiger partial charge in [-0.05, 0) is 24.8 Å². The summed E-state index contributed by atoms with van der Waals surface area (Å²) < 4.78 is 5.18. The normalized spacial score (nSPS) is 18.9. The molecule has 2 aliphatic rings. The van der Waals surface area contributed by atoms with Crippen molar-refractivity contribution < 1.29 is 4.74 Å². The number of nitrogens with zero attached hydrogens (tertiary/aromatic N) is 2. The molecule has 0 amide bonds. The van der Waals surface area contributed by atoms with E-state index in [2.05, 4.69) is 21.3 Å². The van der Waals surface area contributed by atoms with E-state index in [9.17, 15) is 0 Å². The molecule has 0 atom stereocenters. The first-order valence-corrected chi connectivity index (χ1v) is 5.90. The summed E-state index contributed by atoms with van der Waals surface area (Å²) in [7, 11) is 1.66. The smallest absolute Gasteiger partial charge is 0.215 e. The van der Waals surface area contributed by atoms with Crippen LogP contribution in [0.15, 0.2) is 12.1 Å². The SMILES string of the molecule is COc1ccc2c(n1)N(CC1CC1)CCN2. The van der Waals surface area contributed by atoms with Gasteiger partial charge in [-0.3, -0.25) is 0 Å². The van der Waals surface area contributed by atoms with E-state index in [1.807, 2.05) is 6.07 Å². The van der Waals surface area contributed by atoms with Crippen molar-refractivity contribution >= 4 is 11.5 Å². The van der Waals surface area contributed by atoms with Crippen LogP contribution in [0.4, 0.5) is 11.5 Å². The van der Waals surface area contributed by atoms with E-state index >= 15 is 0 Å². The van der Waals surface area contributed by atoms with Gasteiger partial charge in [0.2, 0.25) is 5.88 Å². The zero-order chi connectivity index (χ0) is 11.0. The van der Waals surface area contributed by atoms with E-state index in [0.29, 0.717) is 5.88 Å². The molecule has 0 unspecified atom stereocenters. The number of pyridine rings is 1. The number of hydrogen-bond acceptors (Lipinski definition) is 4. The predicted octanol–water partition coefficient (Wildman–Crippen LogP) is 1.73. The molecule has 16 heavy (non-hydrogen) atoms. The van der Waals surface area contributed by atoms with Crippen LogP contribution in [0.1, 0.15) is 12.8 Å². The van der Waals surface area contributed by atoms with E-state index in [0.717, 1.165) is 37.1 Å². The van der Waals surface area contributed by atoms with E-state index in [4.69, 9.17) is 4.74 Å². The lowest BCUT2D eigenvalue weighted by Crippen LogP contribution is -2.36. The van der Waals surface area contributed by atoms with Gasteiger partial charge in [0.25, 0.3) is 0 Å². The summed E-state index contributed by atoms with van der Waals surface area (Å²) in [6, 6.07) is 3.96. The molecule has 1 fully saturated rings. The summed E-state index contributed by atoms with van der Waals surface area (Å²) in [6.45, 7) is 3.20. The number of hydrogen-bond donors (Lipinski definition) is 1. The van der Waals surface area contributed by atoms with Gasteiger partial charge in [-0.2, -0.15) is 4.98 Å². The first-order valence-electron chi connectivity index (χ1n) is 5.90. The number of aromatic nitrogens is 1. The van der Waals surface area contributed by atoms with Crippen LogP contribution < -0.4 is 15.0 Å². The van der Waals surface area contributed by atoms with Crippen LogP contribution >= 0.6 is 0 Å². The standard InChI is InChI=1S/C12H17N3O/c1-16-11-5-4-10-12(14-11)15(7-6-13-10)8-9-2-3-9/h4-5,9,13H,2-3,6-8H2,1H3. The van der Waals surface area contributed by atoms with Gasteiger partial charge in [-0.15, -0.1) is 0 Å². The molecule has 86 valence electrons. The minimum absolute atomic E-state index is 0.697. The van der Waals surface area contributed by atoms with E-state index in [-0.39, 0.29) is 0 Å². The summed E-state index contributed by atoms with van der Waals surface area (Å²) in [6.07, 6.45) is 2.76. The Morgan fingerprint density at radius 2 is 2.38 bits per heavy atom. The second-order valence-electron chi connectivity index (χ2n) is 4.54. The highest BCUT2D eigenvalue weighted by Gasteiger charge is 2.27. The molecule has 4 nitrogen and oxygen atoms in total. The van der Waals surface area contributed by atoms with Gasteiger partial charge < -0.3 is 15.0 Å². The average Bonchev–Trinajstić information content (AvgIpc) is 3.13. The fraction of sp³-hybridized carbons (Fsp3) is 0.583. The van der Waals surface area contributed by atoms with Gasteiger partial charge in [0.05, 0.1) is 12.8 Å². The Labute approximate surface area is 95.6 Å². The summed E-state index contributed by atoms with van der Waals surface area (Å²) in [5.41, 5.74) is 1.13. The number of fused-ring (bicyclic) bond motifs is 1. The zero-order valence-corrected chi connectivity index (χ0v) is 9.57. The fourth-order valence-electron chi connectivity index (χ4n) is 2.15. The molecule has 1 saturated carbocycles. The molecule has 3 rings (SSSR count). The third kappa shape index (κ3) is 1.79. The molecular formula is C12H17N3O. The van der Waals surface area contributed by atoms with Crippen molar-refractivity contribution in [3.63, 3.8) is 0 Å². The quantitative estimate of drug-likeness (QED) is 0.840. The highest BCUT2D eigenvalue weighted by atomic mass is 16.5. The topological polar surface area (TPSA) is 37.4 Å². The molecule has 0 spiro atoms. The van der Waals surface area contributed by atoms with E-state index in [1.54, 1.807) is 7.11 Å².